The first kappa shape index (κ1) is 21.0. The minimum Gasteiger partial charge on any atom is -0.351 e. The summed E-state index contributed by atoms with van der Waals surface area (Å²) in [5, 5.41) is 0.925. The lowest BCUT2D eigenvalue weighted by atomic mass is 9.87. The third kappa shape index (κ3) is 4.01. The van der Waals surface area contributed by atoms with Gasteiger partial charge in [-0.1, -0.05) is 18.2 Å². The summed E-state index contributed by atoms with van der Waals surface area (Å²) in [7, 11) is 2.14. The van der Waals surface area contributed by atoms with Gasteiger partial charge >= 0.3 is 0 Å². The zero-order chi connectivity index (χ0) is 21.6. The number of carbonyl (C=O) groups is 2. The molecule has 2 amide bonds. The molecule has 0 spiro atoms. The summed E-state index contributed by atoms with van der Waals surface area (Å²) >= 11 is 1.68. The van der Waals surface area contributed by atoms with Gasteiger partial charge in [-0.3, -0.25) is 14.6 Å². The predicted molar refractivity (Wildman–Crippen MR) is 123 cm³/mol. The highest BCUT2D eigenvalue weighted by Crippen LogP contribution is 2.49. The van der Waals surface area contributed by atoms with E-state index in [0.29, 0.717) is 17.5 Å². The molecule has 0 radical (unpaired) electrons. The summed E-state index contributed by atoms with van der Waals surface area (Å²) in [5.41, 5.74) is 0.649. The molecule has 31 heavy (non-hydrogen) atoms. The van der Waals surface area contributed by atoms with Crippen LogP contribution in [-0.2, 0) is 4.79 Å². The van der Waals surface area contributed by atoms with Crippen molar-refractivity contribution in [3.05, 3.63) is 30.1 Å². The van der Waals surface area contributed by atoms with E-state index in [1.54, 1.807) is 30.2 Å². The zero-order valence-corrected chi connectivity index (χ0v) is 19.3. The second-order valence-electron chi connectivity index (χ2n) is 10.1. The molecule has 4 atom stereocenters. The highest BCUT2D eigenvalue weighted by Gasteiger charge is 2.48. The van der Waals surface area contributed by atoms with Crippen molar-refractivity contribution in [1.29, 1.82) is 0 Å². The fourth-order valence-electron chi connectivity index (χ4n) is 6.14. The van der Waals surface area contributed by atoms with Crippen LogP contribution >= 0.6 is 11.8 Å². The second kappa shape index (κ2) is 8.23. The minimum atomic E-state index is -0.471. The van der Waals surface area contributed by atoms with E-state index >= 15 is 0 Å². The maximum absolute atomic E-state index is 12.9. The van der Waals surface area contributed by atoms with Gasteiger partial charge in [0.05, 0.1) is 5.56 Å². The number of amides is 2. The van der Waals surface area contributed by atoms with Crippen molar-refractivity contribution >= 4 is 28.7 Å². The third-order valence-electron chi connectivity index (χ3n) is 7.95. The Balaban J connectivity index is 1.16. The van der Waals surface area contributed by atoms with Gasteiger partial charge in [0.2, 0.25) is 0 Å². The Labute approximate surface area is 188 Å². The number of fused-ring (bicyclic) bond motifs is 2. The van der Waals surface area contributed by atoms with E-state index in [0.717, 1.165) is 49.4 Å². The SMILES string of the molecule is CN(C1=NC(=O)C(C)(CC2CCN(C(=O)c3cccnc3)CC2)S1)[C@H]1C[C@@H]2CCC1C2. The maximum atomic E-state index is 12.9. The summed E-state index contributed by atoms with van der Waals surface area (Å²) in [6.07, 6.45) is 11.4. The Kier molecular flexibility index (Phi) is 5.57. The number of aliphatic imine (C=N–C) groups is 1. The van der Waals surface area contributed by atoms with Crippen LogP contribution in [0.4, 0.5) is 0 Å². The summed E-state index contributed by atoms with van der Waals surface area (Å²) in [4.78, 5) is 38.4. The second-order valence-corrected chi connectivity index (χ2v) is 11.5. The van der Waals surface area contributed by atoms with Crippen molar-refractivity contribution in [3.63, 3.8) is 0 Å². The molecule has 0 aromatic carbocycles. The lowest BCUT2D eigenvalue weighted by Gasteiger charge is -2.36. The Morgan fingerprint density at radius 2 is 2.06 bits per heavy atom. The van der Waals surface area contributed by atoms with E-state index in [2.05, 4.69) is 28.8 Å². The number of hydrogen-bond acceptors (Lipinski definition) is 5. The molecule has 2 bridgehead atoms. The minimum absolute atomic E-state index is 0.0244. The van der Waals surface area contributed by atoms with Crippen LogP contribution in [0.2, 0.25) is 0 Å². The molecule has 2 aliphatic heterocycles. The van der Waals surface area contributed by atoms with Crippen molar-refractivity contribution in [1.82, 2.24) is 14.8 Å². The first-order chi connectivity index (χ1) is 14.9. The molecule has 0 N–H and O–H groups in total. The van der Waals surface area contributed by atoms with Crippen LogP contribution in [0.25, 0.3) is 0 Å². The Hall–Kier alpha value is -1.89. The molecule has 1 aromatic heterocycles. The average molecular weight is 441 g/mol. The normalized spacial score (nSPS) is 33.1. The molecule has 6 nitrogen and oxygen atoms in total. The number of amidine groups is 1. The van der Waals surface area contributed by atoms with E-state index < -0.39 is 4.75 Å². The van der Waals surface area contributed by atoms with Crippen LogP contribution in [0, 0.1) is 17.8 Å². The lowest BCUT2D eigenvalue weighted by Crippen LogP contribution is -2.41. The molecule has 4 aliphatic rings. The van der Waals surface area contributed by atoms with Gasteiger partial charge < -0.3 is 9.80 Å². The third-order valence-corrected chi connectivity index (χ3v) is 9.31. The summed E-state index contributed by atoms with van der Waals surface area (Å²) in [6, 6.07) is 4.18. The fourth-order valence-corrected chi connectivity index (χ4v) is 7.41. The van der Waals surface area contributed by atoms with Crippen LogP contribution < -0.4 is 0 Å². The van der Waals surface area contributed by atoms with Crippen LogP contribution in [0.5, 0.6) is 0 Å². The molecule has 1 saturated heterocycles. The Bertz CT molecular complexity index is 883. The van der Waals surface area contributed by atoms with Crippen LogP contribution in [0.15, 0.2) is 29.5 Å². The number of pyridine rings is 1. The number of thioether (sulfide) groups is 1. The van der Waals surface area contributed by atoms with Gasteiger partial charge in [-0.2, -0.15) is 4.99 Å². The number of hydrogen-bond donors (Lipinski definition) is 0. The molecule has 7 heteroatoms. The Morgan fingerprint density at radius 1 is 1.26 bits per heavy atom. The van der Waals surface area contributed by atoms with Gasteiger partial charge in [0, 0.05) is 38.6 Å². The van der Waals surface area contributed by atoms with Crippen LogP contribution in [0.3, 0.4) is 0 Å². The first-order valence-corrected chi connectivity index (χ1v) is 12.5. The van der Waals surface area contributed by atoms with E-state index in [1.807, 2.05) is 11.0 Å². The molecule has 3 fully saturated rings. The molecular weight excluding hydrogens is 408 g/mol. The highest BCUT2D eigenvalue weighted by molar-refractivity contribution is 8.16. The van der Waals surface area contributed by atoms with Crippen molar-refractivity contribution in [3.8, 4) is 0 Å². The van der Waals surface area contributed by atoms with Crippen molar-refractivity contribution in [2.45, 2.75) is 62.7 Å². The molecule has 3 heterocycles. The number of piperidine rings is 1. The number of aromatic nitrogens is 1. The average Bonchev–Trinajstić information content (AvgIpc) is 3.49. The molecule has 2 unspecified atom stereocenters. The molecule has 2 saturated carbocycles. The van der Waals surface area contributed by atoms with E-state index in [4.69, 9.17) is 0 Å². The number of likely N-dealkylation sites (tertiary alicyclic amines) is 1. The molecular formula is C24H32N4O2S. The monoisotopic (exact) mass is 440 g/mol. The molecule has 2 aliphatic carbocycles. The van der Waals surface area contributed by atoms with Crippen LogP contribution in [0.1, 0.15) is 62.2 Å². The number of carbonyl (C=O) groups excluding carboxylic acids is 2. The fraction of sp³-hybridized carbons (Fsp3) is 0.667. The van der Waals surface area contributed by atoms with Gasteiger partial charge in [0.25, 0.3) is 11.8 Å². The van der Waals surface area contributed by atoms with Gasteiger partial charge in [-0.15, -0.1) is 0 Å². The lowest BCUT2D eigenvalue weighted by molar-refractivity contribution is -0.120. The van der Waals surface area contributed by atoms with Crippen molar-refractivity contribution in [2.75, 3.05) is 20.1 Å². The van der Waals surface area contributed by atoms with E-state index in [-0.39, 0.29) is 11.8 Å². The molecule has 1 aromatic rings. The number of nitrogens with zero attached hydrogens (tertiary/aromatic N) is 4. The predicted octanol–water partition coefficient (Wildman–Crippen LogP) is 3.83. The quantitative estimate of drug-likeness (QED) is 0.712. The van der Waals surface area contributed by atoms with Crippen molar-refractivity contribution in [2.24, 2.45) is 22.7 Å². The van der Waals surface area contributed by atoms with Gasteiger partial charge in [-0.25, -0.2) is 0 Å². The van der Waals surface area contributed by atoms with Gasteiger partial charge in [0.15, 0.2) is 5.17 Å². The summed E-state index contributed by atoms with van der Waals surface area (Å²) in [5.74, 6) is 2.19. The van der Waals surface area contributed by atoms with Crippen LogP contribution in [-0.4, -0.2) is 62.7 Å². The summed E-state index contributed by atoms with van der Waals surface area (Å²) in [6.45, 7) is 3.55. The zero-order valence-electron chi connectivity index (χ0n) is 18.5. The van der Waals surface area contributed by atoms with Gasteiger partial charge in [0.1, 0.15) is 4.75 Å². The van der Waals surface area contributed by atoms with E-state index in [9.17, 15) is 9.59 Å². The smallest absolute Gasteiger partial charge is 0.264 e. The number of rotatable bonds is 4. The highest BCUT2D eigenvalue weighted by atomic mass is 32.2. The molecule has 5 rings (SSSR count). The first-order valence-electron chi connectivity index (χ1n) is 11.7. The Morgan fingerprint density at radius 3 is 2.71 bits per heavy atom. The van der Waals surface area contributed by atoms with E-state index in [1.165, 1.54) is 25.7 Å². The maximum Gasteiger partial charge on any atom is 0.264 e. The topological polar surface area (TPSA) is 65.9 Å². The standard InChI is InChI=1S/C24H32N4O2S/c1-24(14-16-7-10-28(11-8-16)21(29)19-4-3-9-25-15-19)22(30)26-23(31-24)27(2)20-13-17-5-6-18(20)12-17/h3-4,9,15-18,20H,5-8,10-14H2,1-2H3/t17-,18?,20+,24?/m1/s1. The van der Waals surface area contributed by atoms with Crippen molar-refractivity contribution < 1.29 is 9.59 Å². The van der Waals surface area contributed by atoms with Gasteiger partial charge in [-0.05, 0) is 75.3 Å². The molecule has 166 valence electrons. The largest absolute Gasteiger partial charge is 0.351 e. The summed E-state index contributed by atoms with van der Waals surface area (Å²) < 4.78 is -0.471.